The SMILES string of the molecule is CC[C@H]1OC(=O)[C@H](C)[C@@H](O[C@H]2C[C@@](C)(OC)[C@](O)(CN=[N+]=[N-])[C@H](C)O2)[C@H](C)[C@@H](O[C@@H]2OCC[C@H](NC)[C@H]2O)[C@](C)(O)C[C@@H](C)CN[C@H](C)[C@@H](O)[C@]1(C)O. The number of nitrogens with one attached hydrogen (secondary N) is 2. The Morgan fingerprint density at radius 2 is 1.74 bits per heavy atom. The van der Waals surface area contributed by atoms with Crippen molar-refractivity contribution in [2.45, 2.75) is 172 Å². The summed E-state index contributed by atoms with van der Waals surface area (Å²) >= 11 is 0. The molecule has 0 aromatic rings. The monoisotopic (exact) mass is 761 g/mol. The largest absolute Gasteiger partial charge is 0.459 e. The molecule has 0 spiro atoms. The Morgan fingerprint density at radius 1 is 1.08 bits per heavy atom. The second-order valence-electron chi connectivity index (χ2n) is 16.2. The van der Waals surface area contributed by atoms with Gasteiger partial charge in [-0.15, -0.1) is 0 Å². The molecular weight excluding hydrogens is 694 g/mol. The Hall–Kier alpha value is -1.70. The number of esters is 1. The van der Waals surface area contributed by atoms with Crippen LogP contribution in [0.15, 0.2) is 5.11 Å². The maximum Gasteiger partial charge on any atom is 0.311 e. The summed E-state index contributed by atoms with van der Waals surface area (Å²) in [5.74, 6) is -2.83. The second-order valence-corrected chi connectivity index (χ2v) is 16.2. The highest BCUT2D eigenvalue weighted by molar-refractivity contribution is 5.73. The number of methoxy groups -OCH3 is 1. The summed E-state index contributed by atoms with van der Waals surface area (Å²) < 4.78 is 37.2. The van der Waals surface area contributed by atoms with E-state index >= 15 is 0 Å². The third-order valence-electron chi connectivity index (χ3n) is 12.1. The molecule has 3 heterocycles. The Bertz CT molecular complexity index is 1240. The molecule has 17 nitrogen and oxygen atoms in total. The molecule has 3 aliphatic heterocycles. The average Bonchev–Trinajstić information content (AvgIpc) is 3.10. The fraction of sp³-hybridized carbons (Fsp3) is 0.972. The van der Waals surface area contributed by atoms with Gasteiger partial charge >= 0.3 is 5.97 Å². The van der Waals surface area contributed by atoms with Crippen LogP contribution in [-0.2, 0) is 33.2 Å². The fourth-order valence-corrected chi connectivity index (χ4v) is 8.41. The highest BCUT2D eigenvalue weighted by atomic mass is 16.7. The normalized spacial score (nSPS) is 48.2. The van der Waals surface area contributed by atoms with Crippen LogP contribution in [0.2, 0.25) is 0 Å². The van der Waals surface area contributed by atoms with E-state index in [1.165, 1.54) is 14.0 Å². The van der Waals surface area contributed by atoms with Gasteiger partial charge in [-0.2, -0.15) is 0 Å². The van der Waals surface area contributed by atoms with Crippen LogP contribution >= 0.6 is 0 Å². The van der Waals surface area contributed by atoms with Gasteiger partial charge in [-0.05, 0) is 85.8 Å². The van der Waals surface area contributed by atoms with Gasteiger partial charge in [-0.1, -0.05) is 25.9 Å². The van der Waals surface area contributed by atoms with Crippen LogP contribution in [0.3, 0.4) is 0 Å². The van der Waals surface area contributed by atoms with Crippen molar-refractivity contribution in [1.82, 2.24) is 10.6 Å². The molecule has 3 saturated heterocycles. The molecule has 0 aromatic heterocycles. The molecule has 17 atom stereocenters. The number of ether oxygens (including phenoxy) is 6. The molecule has 0 saturated carbocycles. The first-order valence-electron chi connectivity index (χ1n) is 18.9. The van der Waals surface area contributed by atoms with Crippen molar-refractivity contribution in [3.63, 3.8) is 0 Å². The Balaban J connectivity index is 2.15. The van der Waals surface area contributed by atoms with E-state index in [1.54, 1.807) is 55.5 Å². The standard InChI is InChI=1S/C36H67N5O12/c1-12-25-35(9,46)29(43)22(5)39-17-19(2)15-33(7,45)30(53-32-27(42)24(38-10)13-14-49-32)20(3)28(21(4)31(44)51-25)52-26-16-34(8,48-11)36(47,18-40-41-37)23(6)50-26/h19-30,32,38-39,42-43,45-47H,12-18H2,1-11H3/t19-,20+,21-,22-,23+,24+,25-,26+,27-,28+,29-,30-,32+,33-,34-,35-,36+/m1/s1. The Labute approximate surface area is 314 Å². The average molecular weight is 762 g/mol. The fourth-order valence-electron chi connectivity index (χ4n) is 8.41. The highest BCUT2D eigenvalue weighted by Crippen LogP contribution is 2.43. The minimum Gasteiger partial charge on any atom is -0.459 e. The number of rotatable bonds is 9. The van der Waals surface area contributed by atoms with E-state index in [9.17, 15) is 30.3 Å². The van der Waals surface area contributed by atoms with Crippen molar-refractivity contribution in [2.24, 2.45) is 22.9 Å². The molecule has 3 aliphatic rings. The summed E-state index contributed by atoms with van der Waals surface area (Å²) in [7, 11) is 3.15. The summed E-state index contributed by atoms with van der Waals surface area (Å²) in [6.45, 7) is 15.4. The van der Waals surface area contributed by atoms with E-state index in [2.05, 4.69) is 20.7 Å². The smallest absolute Gasteiger partial charge is 0.311 e. The third kappa shape index (κ3) is 10.0. The molecule has 0 bridgehead atoms. The maximum atomic E-state index is 14.2. The van der Waals surface area contributed by atoms with E-state index in [1.807, 2.05) is 6.92 Å². The second kappa shape index (κ2) is 18.5. The number of likely N-dealkylation sites (N-methyl/N-ethyl adjacent to an activating group) is 1. The minimum absolute atomic E-state index is 0.0500. The molecule has 3 rings (SSSR count). The first kappa shape index (κ1) is 45.7. The van der Waals surface area contributed by atoms with Crippen LogP contribution in [0, 0.1) is 17.8 Å². The van der Waals surface area contributed by atoms with Crippen molar-refractivity contribution in [3.05, 3.63) is 10.4 Å². The lowest BCUT2D eigenvalue weighted by Crippen LogP contribution is -2.68. The van der Waals surface area contributed by atoms with Gasteiger partial charge in [0.15, 0.2) is 12.6 Å². The summed E-state index contributed by atoms with van der Waals surface area (Å²) in [5, 5.41) is 68.1. The molecule has 0 amide bonds. The molecular formula is C36H67N5O12. The Kier molecular flexibility index (Phi) is 15.9. The summed E-state index contributed by atoms with van der Waals surface area (Å²) in [4.78, 5) is 17.0. The van der Waals surface area contributed by atoms with Gasteiger partial charge in [0.2, 0.25) is 0 Å². The van der Waals surface area contributed by atoms with Crippen molar-refractivity contribution in [3.8, 4) is 0 Å². The maximum absolute atomic E-state index is 14.2. The van der Waals surface area contributed by atoms with Gasteiger partial charge in [-0.25, -0.2) is 0 Å². The van der Waals surface area contributed by atoms with Gasteiger partial charge in [0.25, 0.3) is 0 Å². The highest BCUT2D eigenvalue weighted by Gasteiger charge is 2.58. The first-order valence-corrected chi connectivity index (χ1v) is 18.9. The number of azide groups is 1. The predicted octanol–water partition coefficient (Wildman–Crippen LogP) is 1.51. The van der Waals surface area contributed by atoms with Crippen molar-refractivity contribution in [2.75, 3.05) is 33.9 Å². The third-order valence-corrected chi connectivity index (χ3v) is 12.1. The number of hydrogen-bond acceptors (Lipinski definition) is 15. The van der Waals surface area contributed by atoms with E-state index < -0.39 is 95.5 Å². The molecule has 0 unspecified atom stereocenters. The van der Waals surface area contributed by atoms with Gasteiger partial charge in [0, 0.05) is 36.4 Å². The first-order chi connectivity index (χ1) is 24.6. The molecule has 3 fully saturated rings. The van der Waals surface area contributed by atoms with E-state index in [4.69, 9.17) is 34.0 Å². The molecule has 7 N–H and O–H groups in total. The molecule has 0 aliphatic carbocycles. The molecule has 17 heteroatoms. The van der Waals surface area contributed by atoms with Crippen LogP contribution in [0.4, 0.5) is 0 Å². The van der Waals surface area contributed by atoms with Gasteiger partial charge in [0.1, 0.15) is 35.1 Å². The predicted molar refractivity (Wildman–Crippen MR) is 193 cm³/mol. The number of cyclic esters (lactones) is 1. The zero-order valence-corrected chi connectivity index (χ0v) is 33.4. The number of hydrogen-bond donors (Lipinski definition) is 7. The molecule has 0 radical (unpaired) electrons. The quantitative estimate of drug-likeness (QED) is 0.0762. The van der Waals surface area contributed by atoms with Crippen LogP contribution in [-0.4, -0.2) is 149 Å². The molecule has 53 heavy (non-hydrogen) atoms. The molecule has 0 aromatic carbocycles. The summed E-state index contributed by atoms with van der Waals surface area (Å²) in [5.41, 5.74) is 2.51. The van der Waals surface area contributed by atoms with Crippen LogP contribution in [0.25, 0.3) is 10.4 Å². The van der Waals surface area contributed by atoms with Crippen molar-refractivity contribution < 1.29 is 58.7 Å². The van der Waals surface area contributed by atoms with E-state index in [0.717, 1.165) is 0 Å². The van der Waals surface area contributed by atoms with Crippen molar-refractivity contribution >= 4 is 5.97 Å². The zero-order chi connectivity index (χ0) is 40.1. The number of aliphatic hydroxyl groups is 5. The lowest BCUT2D eigenvalue weighted by atomic mass is 9.75. The number of nitrogens with zero attached hydrogens (tertiary/aromatic N) is 3. The van der Waals surface area contributed by atoms with Gasteiger partial charge < -0.3 is 64.6 Å². The molecule has 308 valence electrons. The topological polar surface area (TPSA) is 246 Å². The number of aliphatic hydroxyl groups excluding tert-OH is 2. The Morgan fingerprint density at radius 3 is 2.32 bits per heavy atom. The number of carbonyl (C=O) groups excluding carboxylic acids is 1. The van der Waals surface area contributed by atoms with E-state index in [-0.39, 0.29) is 37.8 Å². The lowest BCUT2D eigenvalue weighted by molar-refractivity contribution is -0.333. The number of carbonyl (C=O) groups is 1. The van der Waals surface area contributed by atoms with Crippen LogP contribution < -0.4 is 10.6 Å². The minimum atomic E-state index is -1.84. The van der Waals surface area contributed by atoms with Crippen LogP contribution in [0.5, 0.6) is 0 Å². The van der Waals surface area contributed by atoms with Gasteiger partial charge in [-0.3, -0.25) is 4.79 Å². The summed E-state index contributed by atoms with van der Waals surface area (Å²) in [6.07, 6.45) is -8.04. The van der Waals surface area contributed by atoms with Crippen molar-refractivity contribution in [1.29, 1.82) is 0 Å². The van der Waals surface area contributed by atoms with Gasteiger partial charge in [0.05, 0.1) is 43.0 Å². The zero-order valence-electron chi connectivity index (χ0n) is 33.4. The van der Waals surface area contributed by atoms with Crippen LogP contribution in [0.1, 0.15) is 88.0 Å². The van der Waals surface area contributed by atoms with E-state index in [0.29, 0.717) is 19.6 Å². The summed E-state index contributed by atoms with van der Waals surface area (Å²) in [6, 6.07) is -0.947. The lowest BCUT2D eigenvalue weighted by Gasteiger charge is -2.53.